The zero-order valence-electron chi connectivity index (χ0n) is 23.1. The lowest BCUT2D eigenvalue weighted by Gasteiger charge is -2.19. The Kier molecular flexibility index (Phi) is 10.4. The highest BCUT2D eigenvalue weighted by atomic mass is 16.5. The average molecular weight is 529 g/mol. The molecular formula is C33H40N2O4. The molecule has 1 aliphatic rings. The Morgan fingerprint density at radius 1 is 0.795 bits per heavy atom. The maximum atomic E-state index is 12.9. The van der Waals surface area contributed by atoms with Gasteiger partial charge in [0.05, 0.1) is 6.61 Å². The van der Waals surface area contributed by atoms with Crippen molar-refractivity contribution in [1.29, 1.82) is 0 Å². The number of carbonyl (C=O) groups excluding carboxylic acids is 2. The summed E-state index contributed by atoms with van der Waals surface area (Å²) in [7, 11) is 0. The summed E-state index contributed by atoms with van der Waals surface area (Å²) >= 11 is 0. The van der Waals surface area contributed by atoms with Crippen LogP contribution in [-0.4, -0.2) is 31.3 Å². The molecule has 0 spiro atoms. The van der Waals surface area contributed by atoms with Gasteiger partial charge < -0.3 is 20.1 Å². The Morgan fingerprint density at radius 2 is 1.41 bits per heavy atom. The smallest absolute Gasteiger partial charge is 0.407 e. The second kappa shape index (κ2) is 14.4. The fraction of sp³-hybridized carbons (Fsp3) is 0.394. The second-order valence-corrected chi connectivity index (χ2v) is 10.1. The average Bonchev–Trinajstić information content (AvgIpc) is 3.28. The minimum absolute atomic E-state index is 0.0288. The van der Waals surface area contributed by atoms with Gasteiger partial charge in [0.1, 0.15) is 18.4 Å². The molecule has 6 heteroatoms. The van der Waals surface area contributed by atoms with E-state index in [-0.39, 0.29) is 18.4 Å². The zero-order valence-corrected chi connectivity index (χ0v) is 23.1. The van der Waals surface area contributed by atoms with Crippen LogP contribution in [0.4, 0.5) is 10.5 Å². The Balaban J connectivity index is 1.23. The lowest BCUT2D eigenvalue weighted by atomic mass is 9.98. The van der Waals surface area contributed by atoms with Crippen LogP contribution in [0.3, 0.4) is 0 Å². The number of ether oxygens (including phenoxy) is 2. The van der Waals surface area contributed by atoms with Crippen LogP contribution in [0.15, 0.2) is 72.8 Å². The molecule has 1 unspecified atom stereocenters. The molecule has 0 saturated carbocycles. The number of amides is 2. The lowest BCUT2D eigenvalue weighted by Crippen LogP contribution is -2.43. The first kappa shape index (κ1) is 28.2. The number of hydrogen-bond acceptors (Lipinski definition) is 4. The van der Waals surface area contributed by atoms with Gasteiger partial charge in [0.15, 0.2) is 0 Å². The van der Waals surface area contributed by atoms with Crippen molar-refractivity contribution < 1.29 is 19.1 Å². The number of unbranched alkanes of at least 4 members (excludes halogenated alkanes) is 5. The number of anilines is 1. The molecule has 0 bridgehead atoms. The van der Waals surface area contributed by atoms with Crippen molar-refractivity contribution in [3.63, 3.8) is 0 Å². The van der Waals surface area contributed by atoms with E-state index in [1.807, 2.05) is 55.5 Å². The van der Waals surface area contributed by atoms with Crippen molar-refractivity contribution >= 4 is 17.7 Å². The maximum absolute atomic E-state index is 12.9. The highest BCUT2D eigenvalue weighted by Gasteiger charge is 2.29. The summed E-state index contributed by atoms with van der Waals surface area (Å²) < 4.78 is 11.4. The minimum Gasteiger partial charge on any atom is -0.494 e. The van der Waals surface area contributed by atoms with E-state index >= 15 is 0 Å². The van der Waals surface area contributed by atoms with E-state index in [0.29, 0.717) is 18.7 Å². The summed E-state index contributed by atoms with van der Waals surface area (Å²) in [5, 5.41) is 5.60. The predicted molar refractivity (Wildman–Crippen MR) is 156 cm³/mol. The minimum atomic E-state index is -0.704. The van der Waals surface area contributed by atoms with Gasteiger partial charge in [-0.15, -0.1) is 0 Å². The number of alkyl carbamates (subject to hydrolysis) is 1. The molecule has 6 nitrogen and oxygen atoms in total. The van der Waals surface area contributed by atoms with Crippen molar-refractivity contribution in [2.75, 3.05) is 18.5 Å². The van der Waals surface area contributed by atoms with Crippen LogP contribution in [0.5, 0.6) is 5.75 Å². The molecule has 1 atom stereocenters. The van der Waals surface area contributed by atoms with E-state index in [4.69, 9.17) is 9.47 Å². The van der Waals surface area contributed by atoms with Crippen LogP contribution in [0.1, 0.15) is 75.8 Å². The first-order valence-corrected chi connectivity index (χ1v) is 14.3. The molecule has 4 rings (SSSR count). The van der Waals surface area contributed by atoms with Gasteiger partial charge in [0.2, 0.25) is 5.91 Å². The summed E-state index contributed by atoms with van der Waals surface area (Å²) in [4.78, 5) is 25.5. The van der Waals surface area contributed by atoms with Crippen LogP contribution < -0.4 is 15.4 Å². The van der Waals surface area contributed by atoms with Crippen molar-refractivity contribution in [3.05, 3.63) is 83.9 Å². The third kappa shape index (κ3) is 7.62. The first-order chi connectivity index (χ1) is 19.1. The van der Waals surface area contributed by atoms with Gasteiger partial charge in [-0.2, -0.15) is 0 Å². The third-order valence-electron chi connectivity index (χ3n) is 7.25. The summed E-state index contributed by atoms with van der Waals surface area (Å²) in [5.41, 5.74) is 5.30. The Hall–Kier alpha value is -3.80. The molecule has 0 radical (unpaired) electrons. The van der Waals surface area contributed by atoms with Gasteiger partial charge >= 0.3 is 6.09 Å². The van der Waals surface area contributed by atoms with Gasteiger partial charge in [-0.3, -0.25) is 4.79 Å². The van der Waals surface area contributed by atoms with E-state index in [2.05, 4.69) is 41.8 Å². The molecule has 0 aromatic heterocycles. The fourth-order valence-electron chi connectivity index (χ4n) is 5.07. The van der Waals surface area contributed by atoms with Gasteiger partial charge in [-0.25, -0.2) is 4.79 Å². The molecule has 0 heterocycles. The number of rotatable bonds is 14. The molecular weight excluding hydrogens is 488 g/mol. The number of benzene rings is 3. The predicted octanol–water partition coefficient (Wildman–Crippen LogP) is 7.68. The largest absolute Gasteiger partial charge is 0.494 e. The summed E-state index contributed by atoms with van der Waals surface area (Å²) in [5.74, 6) is 0.468. The number of carbonyl (C=O) groups is 2. The van der Waals surface area contributed by atoms with Gasteiger partial charge in [-0.1, -0.05) is 94.5 Å². The first-order valence-electron chi connectivity index (χ1n) is 14.3. The molecule has 0 saturated heterocycles. The van der Waals surface area contributed by atoms with Crippen molar-refractivity contribution in [1.82, 2.24) is 5.32 Å². The van der Waals surface area contributed by atoms with E-state index in [9.17, 15) is 9.59 Å². The molecule has 39 heavy (non-hydrogen) atoms. The normalized spacial score (nSPS) is 12.8. The zero-order chi connectivity index (χ0) is 27.5. The van der Waals surface area contributed by atoms with E-state index < -0.39 is 12.1 Å². The third-order valence-corrected chi connectivity index (χ3v) is 7.25. The van der Waals surface area contributed by atoms with Gasteiger partial charge in [0.25, 0.3) is 0 Å². The fourth-order valence-corrected chi connectivity index (χ4v) is 5.07. The number of fused-ring (bicyclic) bond motifs is 3. The Morgan fingerprint density at radius 3 is 2.05 bits per heavy atom. The highest BCUT2D eigenvalue weighted by molar-refractivity contribution is 5.96. The Labute approximate surface area is 232 Å². The topological polar surface area (TPSA) is 76.7 Å². The number of hydrogen-bond donors (Lipinski definition) is 2. The highest BCUT2D eigenvalue weighted by Crippen LogP contribution is 2.44. The Bertz CT molecular complexity index is 1180. The van der Waals surface area contributed by atoms with Gasteiger partial charge in [-0.05, 0) is 59.4 Å². The SMILES string of the molecule is CCCCCCCCOc1ccc(NC(=O)C(CC)NC(=O)OCC2c3ccccc3-c3ccccc32)cc1. The summed E-state index contributed by atoms with van der Waals surface area (Å²) in [6.07, 6.45) is 7.17. The van der Waals surface area contributed by atoms with E-state index in [1.165, 1.54) is 43.2 Å². The quantitative estimate of drug-likeness (QED) is 0.210. The van der Waals surface area contributed by atoms with Crippen molar-refractivity contribution in [2.45, 2.75) is 70.8 Å². The van der Waals surface area contributed by atoms with Crippen molar-refractivity contribution in [2.24, 2.45) is 0 Å². The molecule has 3 aromatic carbocycles. The van der Waals surface area contributed by atoms with Crippen LogP contribution in [0, 0.1) is 0 Å². The molecule has 3 aromatic rings. The van der Waals surface area contributed by atoms with E-state index in [1.54, 1.807) is 0 Å². The van der Waals surface area contributed by atoms with Gasteiger partial charge in [0, 0.05) is 11.6 Å². The van der Waals surface area contributed by atoms with Crippen LogP contribution in [-0.2, 0) is 9.53 Å². The van der Waals surface area contributed by atoms with Crippen LogP contribution >= 0.6 is 0 Å². The molecule has 2 amide bonds. The second-order valence-electron chi connectivity index (χ2n) is 10.1. The summed E-state index contributed by atoms with van der Waals surface area (Å²) in [6.45, 7) is 4.98. The maximum Gasteiger partial charge on any atom is 0.407 e. The summed E-state index contributed by atoms with van der Waals surface area (Å²) in [6, 6.07) is 23.0. The monoisotopic (exact) mass is 528 g/mol. The molecule has 206 valence electrons. The van der Waals surface area contributed by atoms with Crippen LogP contribution in [0.2, 0.25) is 0 Å². The van der Waals surface area contributed by atoms with E-state index in [0.717, 1.165) is 23.3 Å². The standard InChI is InChI=1S/C33H40N2O4/c1-3-5-6-7-8-13-22-38-25-20-18-24(19-21-25)34-32(36)31(4-2)35-33(37)39-23-30-28-16-11-9-14-26(28)27-15-10-12-17-29(27)30/h9-12,14-21,30-31H,3-8,13,22-23H2,1-2H3,(H,34,36)(H,35,37). The number of nitrogens with one attached hydrogen (secondary N) is 2. The van der Waals surface area contributed by atoms with Crippen LogP contribution in [0.25, 0.3) is 11.1 Å². The molecule has 0 aliphatic heterocycles. The molecule has 0 fully saturated rings. The van der Waals surface area contributed by atoms with Crippen molar-refractivity contribution in [3.8, 4) is 16.9 Å². The molecule has 1 aliphatic carbocycles. The lowest BCUT2D eigenvalue weighted by molar-refractivity contribution is -0.118. The molecule has 2 N–H and O–H groups in total.